The van der Waals surface area contributed by atoms with Crippen molar-refractivity contribution in [3.63, 3.8) is 0 Å². The Morgan fingerprint density at radius 2 is 1.89 bits per heavy atom. The van der Waals surface area contributed by atoms with Crippen LogP contribution in [0.1, 0.15) is 58.3 Å². The van der Waals surface area contributed by atoms with Gasteiger partial charge in [0.15, 0.2) is 0 Å². The molecule has 1 N–H and O–H groups in total. The molecule has 0 bridgehead atoms. The van der Waals surface area contributed by atoms with E-state index in [0.717, 1.165) is 31.1 Å². The van der Waals surface area contributed by atoms with E-state index >= 15 is 0 Å². The molecule has 1 aromatic heterocycles. The van der Waals surface area contributed by atoms with Gasteiger partial charge in [0, 0.05) is 39.3 Å². The van der Waals surface area contributed by atoms with Crippen LogP contribution in [0.2, 0.25) is 0 Å². The van der Waals surface area contributed by atoms with Crippen LogP contribution in [0.5, 0.6) is 5.75 Å². The fourth-order valence-electron chi connectivity index (χ4n) is 4.84. The van der Waals surface area contributed by atoms with E-state index in [-0.39, 0.29) is 25.5 Å². The predicted octanol–water partition coefficient (Wildman–Crippen LogP) is 4.89. The molecular formula is C29H36N4O2S. The van der Waals surface area contributed by atoms with Crippen LogP contribution in [0.4, 0.5) is 5.82 Å². The van der Waals surface area contributed by atoms with Gasteiger partial charge in [-0.05, 0) is 73.3 Å². The van der Waals surface area contributed by atoms with E-state index in [0.29, 0.717) is 24.6 Å². The zero-order valence-corrected chi connectivity index (χ0v) is 22.1. The molecule has 1 amide bonds. The number of rotatable bonds is 9. The molecule has 1 atom stereocenters. The molecule has 1 saturated carbocycles. The van der Waals surface area contributed by atoms with Crippen LogP contribution in [0.25, 0.3) is 0 Å². The highest BCUT2D eigenvalue weighted by molar-refractivity contribution is 7.59. The molecule has 36 heavy (non-hydrogen) atoms. The summed E-state index contributed by atoms with van der Waals surface area (Å²) in [6.07, 6.45) is 5.03. The van der Waals surface area contributed by atoms with Crippen molar-refractivity contribution in [1.29, 1.82) is 0 Å². The molecule has 2 aliphatic rings. The van der Waals surface area contributed by atoms with Crippen molar-refractivity contribution < 1.29 is 9.53 Å². The number of nitrogens with zero attached hydrogens (tertiary/aromatic N) is 3. The molecule has 0 spiro atoms. The van der Waals surface area contributed by atoms with Gasteiger partial charge >= 0.3 is 0 Å². The van der Waals surface area contributed by atoms with Crippen molar-refractivity contribution in [2.45, 2.75) is 37.8 Å². The number of amides is 1. The molecule has 1 aliphatic carbocycles. The largest absolute Gasteiger partial charge is 0.486 e. The Kier molecular flexibility index (Phi) is 8.54. The van der Waals surface area contributed by atoms with Gasteiger partial charge in [0.05, 0.1) is 5.56 Å². The van der Waals surface area contributed by atoms with Gasteiger partial charge in [-0.15, -0.1) is 0 Å². The summed E-state index contributed by atoms with van der Waals surface area (Å²) in [5, 5.41) is 3.24. The number of carbonyl (C=O) groups excluding carboxylic acids is 1. The summed E-state index contributed by atoms with van der Waals surface area (Å²) >= 11 is 0. The lowest BCUT2D eigenvalue weighted by molar-refractivity contribution is 0.0754. The van der Waals surface area contributed by atoms with Gasteiger partial charge < -0.3 is 19.9 Å². The smallest absolute Gasteiger partial charge is 0.257 e. The first kappa shape index (κ1) is 26.0. The SMILES string of the molecule is CNCC[C@H](Oc1ccc(CN2CCN(C)c3ncccc3C2=O)c(C2CC2)c1)c1ccccc1.S. The van der Waals surface area contributed by atoms with Crippen LogP contribution < -0.4 is 15.0 Å². The fourth-order valence-corrected chi connectivity index (χ4v) is 4.84. The summed E-state index contributed by atoms with van der Waals surface area (Å²) in [6, 6.07) is 20.6. The van der Waals surface area contributed by atoms with Crippen LogP contribution in [-0.2, 0) is 6.54 Å². The Hall–Kier alpha value is -3.03. The maximum absolute atomic E-state index is 13.4. The molecular weight excluding hydrogens is 468 g/mol. The minimum atomic E-state index is -0.00623. The Labute approximate surface area is 221 Å². The molecule has 1 aliphatic heterocycles. The number of pyridine rings is 1. The predicted molar refractivity (Wildman–Crippen MR) is 149 cm³/mol. The van der Waals surface area contributed by atoms with Gasteiger partial charge in [0.1, 0.15) is 17.7 Å². The molecule has 5 rings (SSSR count). The zero-order valence-electron chi connectivity index (χ0n) is 21.1. The average Bonchev–Trinajstić information content (AvgIpc) is 3.75. The highest BCUT2D eigenvalue weighted by atomic mass is 32.1. The Morgan fingerprint density at radius 3 is 2.64 bits per heavy atom. The topological polar surface area (TPSA) is 57.7 Å². The number of hydrogen-bond donors (Lipinski definition) is 1. The number of carbonyl (C=O) groups is 1. The number of ether oxygens (including phenoxy) is 1. The van der Waals surface area contributed by atoms with Crippen molar-refractivity contribution >= 4 is 25.2 Å². The second-order valence-electron chi connectivity index (χ2n) is 9.57. The third-order valence-corrected chi connectivity index (χ3v) is 6.97. The number of aromatic nitrogens is 1. The van der Waals surface area contributed by atoms with Gasteiger partial charge in [-0.3, -0.25) is 4.79 Å². The van der Waals surface area contributed by atoms with E-state index < -0.39 is 0 Å². The number of benzene rings is 2. The normalized spacial score (nSPS) is 16.1. The highest BCUT2D eigenvalue weighted by Gasteiger charge is 2.30. The van der Waals surface area contributed by atoms with E-state index in [4.69, 9.17) is 4.74 Å². The molecule has 0 saturated heterocycles. The van der Waals surface area contributed by atoms with Gasteiger partial charge in [-0.25, -0.2) is 4.98 Å². The zero-order chi connectivity index (χ0) is 24.2. The molecule has 0 unspecified atom stereocenters. The number of nitrogens with one attached hydrogen (secondary N) is 1. The van der Waals surface area contributed by atoms with Crippen molar-refractivity contribution in [2.24, 2.45) is 0 Å². The molecule has 2 heterocycles. The first-order valence-corrected chi connectivity index (χ1v) is 12.6. The first-order chi connectivity index (χ1) is 17.1. The summed E-state index contributed by atoms with van der Waals surface area (Å²) in [5.74, 6) is 2.27. The van der Waals surface area contributed by atoms with Crippen molar-refractivity contribution in [3.05, 3.63) is 89.1 Å². The summed E-state index contributed by atoms with van der Waals surface area (Å²) in [5.41, 5.74) is 4.40. The quantitative estimate of drug-likeness (QED) is 0.450. The van der Waals surface area contributed by atoms with Crippen LogP contribution in [0.3, 0.4) is 0 Å². The second-order valence-corrected chi connectivity index (χ2v) is 9.57. The highest BCUT2D eigenvalue weighted by Crippen LogP contribution is 2.44. The summed E-state index contributed by atoms with van der Waals surface area (Å²) in [6.45, 7) is 2.93. The van der Waals surface area contributed by atoms with E-state index in [9.17, 15) is 4.79 Å². The van der Waals surface area contributed by atoms with E-state index in [1.807, 2.05) is 37.2 Å². The van der Waals surface area contributed by atoms with E-state index in [1.165, 1.54) is 29.5 Å². The lowest BCUT2D eigenvalue weighted by Gasteiger charge is -2.24. The maximum Gasteiger partial charge on any atom is 0.257 e. The fraction of sp³-hybridized carbons (Fsp3) is 0.379. The van der Waals surface area contributed by atoms with Crippen LogP contribution in [0.15, 0.2) is 66.9 Å². The van der Waals surface area contributed by atoms with Gasteiger partial charge in [0.2, 0.25) is 0 Å². The Balaban J connectivity index is 0.00000304. The van der Waals surface area contributed by atoms with Crippen LogP contribution in [0, 0.1) is 0 Å². The Bertz CT molecular complexity index is 1170. The lowest BCUT2D eigenvalue weighted by atomic mass is 10.0. The molecule has 190 valence electrons. The monoisotopic (exact) mass is 504 g/mol. The average molecular weight is 505 g/mol. The Morgan fingerprint density at radius 1 is 1.08 bits per heavy atom. The van der Waals surface area contributed by atoms with E-state index in [2.05, 4.69) is 57.7 Å². The van der Waals surface area contributed by atoms with Gasteiger partial charge in [-0.1, -0.05) is 36.4 Å². The molecule has 2 aromatic carbocycles. The number of fused-ring (bicyclic) bond motifs is 1. The lowest BCUT2D eigenvalue weighted by Crippen LogP contribution is -2.33. The number of hydrogen-bond acceptors (Lipinski definition) is 5. The van der Waals surface area contributed by atoms with Crippen molar-refractivity contribution in [3.8, 4) is 5.75 Å². The summed E-state index contributed by atoms with van der Waals surface area (Å²) in [4.78, 5) is 21.9. The molecule has 0 radical (unpaired) electrons. The molecule has 1 fully saturated rings. The minimum absolute atomic E-state index is 0. The van der Waals surface area contributed by atoms with Crippen LogP contribution in [-0.4, -0.2) is 49.5 Å². The second kappa shape index (κ2) is 11.8. The first-order valence-electron chi connectivity index (χ1n) is 12.6. The van der Waals surface area contributed by atoms with Crippen molar-refractivity contribution in [2.75, 3.05) is 38.6 Å². The third-order valence-electron chi connectivity index (χ3n) is 6.97. The molecule has 6 nitrogen and oxygen atoms in total. The maximum atomic E-state index is 13.4. The number of anilines is 1. The summed E-state index contributed by atoms with van der Waals surface area (Å²) in [7, 11) is 3.97. The van der Waals surface area contributed by atoms with Gasteiger partial charge in [-0.2, -0.15) is 13.5 Å². The molecule has 3 aromatic rings. The van der Waals surface area contributed by atoms with Gasteiger partial charge in [0.25, 0.3) is 5.91 Å². The minimum Gasteiger partial charge on any atom is -0.486 e. The van der Waals surface area contributed by atoms with E-state index in [1.54, 1.807) is 6.20 Å². The van der Waals surface area contributed by atoms with Crippen molar-refractivity contribution in [1.82, 2.24) is 15.2 Å². The molecule has 7 heteroatoms. The summed E-state index contributed by atoms with van der Waals surface area (Å²) < 4.78 is 6.53. The number of likely N-dealkylation sites (N-methyl/N-ethyl adjacent to an activating group) is 1. The van der Waals surface area contributed by atoms with Crippen LogP contribution >= 0.6 is 13.5 Å². The standard InChI is InChI=1S/C29H34N4O2.H2S/c1-30-16-14-27(22-7-4-3-5-8-22)35-24-13-12-23(26(19-24)21-10-11-21)20-33-18-17-32(2)28-25(29(33)34)9-6-15-31-28;/h3-9,12-13,15,19,21,27,30H,10-11,14,16-18,20H2,1-2H3;1H2/t27-;/m0./s1. The third kappa shape index (κ3) is 5.85.